The molecule has 0 radical (unpaired) electrons. The Labute approximate surface area is 152 Å². The molecule has 1 saturated heterocycles. The number of nitrogens with zero attached hydrogens (tertiary/aromatic N) is 2. The summed E-state index contributed by atoms with van der Waals surface area (Å²) in [6.07, 6.45) is -4.52. The molecule has 26 heavy (non-hydrogen) atoms. The highest BCUT2D eigenvalue weighted by Gasteiger charge is 2.52. The van der Waals surface area contributed by atoms with E-state index in [0.29, 0.717) is 5.69 Å². The number of benzene rings is 1. The summed E-state index contributed by atoms with van der Waals surface area (Å²) < 4.78 is 44.3. The van der Waals surface area contributed by atoms with E-state index in [4.69, 9.17) is 9.84 Å². The Hall–Kier alpha value is -2.13. The average molecular weight is 386 g/mol. The van der Waals surface area contributed by atoms with Gasteiger partial charge in [-0.1, -0.05) is 0 Å². The van der Waals surface area contributed by atoms with Gasteiger partial charge in [0, 0.05) is 30.6 Å². The van der Waals surface area contributed by atoms with Crippen molar-refractivity contribution < 1.29 is 27.8 Å². The molecule has 0 spiro atoms. The van der Waals surface area contributed by atoms with Crippen molar-refractivity contribution in [2.75, 3.05) is 20.2 Å². The topological polar surface area (TPSA) is 62.7 Å². The number of rotatable bonds is 5. The predicted molar refractivity (Wildman–Crippen MR) is 90.0 cm³/mol. The minimum absolute atomic E-state index is 0.130. The number of hydrogen-bond donors (Lipinski definition) is 1. The summed E-state index contributed by atoms with van der Waals surface area (Å²) in [4.78, 5) is 17.1. The maximum Gasteiger partial charge on any atom is 0.393 e. The van der Waals surface area contributed by atoms with Gasteiger partial charge in [0.1, 0.15) is 10.8 Å². The van der Waals surface area contributed by atoms with E-state index < -0.39 is 24.0 Å². The van der Waals surface area contributed by atoms with Crippen LogP contribution in [0.15, 0.2) is 29.6 Å². The minimum atomic E-state index is -4.52. The number of carboxylic acids is 1. The van der Waals surface area contributed by atoms with Gasteiger partial charge in [-0.05, 0) is 24.3 Å². The molecule has 5 nitrogen and oxygen atoms in total. The average Bonchev–Trinajstić information content (AvgIpc) is 3.22. The summed E-state index contributed by atoms with van der Waals surface area (Å²) >= 11 is 1.40. The van der Waals surface area contributed by atoms with Gasteiger partial charge in [-0.15, -0.1) is 11.3 Å². The SMILES string of the molecule is COc1ccc(-c2nc(CN3C[C@@H](C(F)(F)F)[C@H](C(=O)O)C3)cs2)cc1. The molecule has 0 saturated carbocycles. The lowest BCUT2D eigenvalue weighted by Gasteiger charge is -2.18. The molecule has 1 aromatic heterocycles. The van der Waals surface area contributed by atoms with Gasteiger partial charge in [0.2, 0.25) is 0 Å². The van der Waals surface area contributed by atoms with Crippen LogP contribution < -0.4 is 4.74 Å². The van der Waals surface area contributed by atoms with Gasteiger partial charge in [0.05, 0.1) is 24.6 Å². The number of likely N-dealkylation sites (tertiary alicyclic amines) is 1. The van der Waals surface area contributed by atoms with Crippen LogP contribution in [-0.4, -0.2) is 47.3 Å². The first-order chi connectivity index (χ1) is 12.3. The van der Waals surface area contributed by atoms with E-state index in [0.717, 1.165) is 16.3 Å². The molecule has 2 aromatic rings. The number of carbonyl (C=O) groups is 1. The second-order valence-corrected chi connectivity index (χ2v) is 7.02. The number of carboxylic acid groups (broad SMARTS) is 1. The molecule has 1 fully saturated rings. The van der Waals surface area contributed by atoms with Crippen molar-refractivity contribution in [1.29, 1.82) is 0 Å². The molecule has 0 unspecified atom stereocenters. The van der Waals surface area contributed by atoms with Crippen LogP contribution >= 0.6 is 11.3 Å². The van der Waals surface area contributed by atoms with Crippen LogP contribution in [0, 0.1) is 11.8 Å². The number of aromatic nitrogens is 1. The lowest BCUT2D eigenvalue weighted by molar-refractivity contribution is -0.188. The molecule has 2 atom stereocenters. The summed E-state index contributed by atoms with van der Waals surface area (Å²) in [5.74, 6) is -3.97. The van der Waals surface area contributed by atoms with Crippen molar-refractivity contribution in [3.8, 4) is 16.3 Å². The van der Waals surface area contributed by atoms with Gasteiger partial charge in [-0.3, -0.25) is 9.69 Å². The van der Waals surface area contributed by atoms with E-state index in [9.17, 15) is 18.0 Å². The molecule has 1 N–H and O–H groups in total. The van der Waals surface area contributed by atoms with Crippen molar-refractivity contribution in [2.24, 2.45) is 11.8 Å². The molecule has 0 aliphatic carbocycles. The highest BCUT2D eigenvalue weighted by Crippen LogP contribution is 2.38. The number of methoxy groups -OCH3 is 1. The van der Waals surface area contributed by atoms with E-state index in [-0.39, 0.29) is 19.6 Å². The largest absolute Gasteiger partial charge is 0.497 e. The first-order valence-corrected chi connectivity index (χ1v) is 8.76. The van der Waals surface area contributed by atoms with Crippen LogP contribution in [0.1, 0.15) is 5.69 Å². The fraction of sp³-hybridized carbons (Fsp3) is 0.412. The fourth-order valence-electron chi connectivity index (χ4n) is 3.07. The monoisotopic (exact) mass is 386 g/mol. The Morgan fingerprint density at radius 3 is 2.58 bits per heavy atom. The summed E-state index contributed by atoms with van der Waals surface area (Å²) in [5, 5.41) is 11.6. The zero-order valence-corrected chi connectivity index (χ0v) is 14.7. The molecule has 0 amide bonds. The van der Waals surface area contributed by atoms with Crippen molar-refractivity contribution in [1.82, 2.24) is 9.88 Å². The van der Waals surface area contributed by atoms with Gasteiger partial charge < -0.3 is 9.84 Å². The fourth-order valence-corrected chi connectivity index (χ4v) is 3.89. The number of halogens is 3. The summed E-state index contributed by atoms with van der Waals surface area (Å²) in [6.45, 7) is -0.256. The van der Waals surface area contributed by atoms with Crippen molar-refractivity contribution in [2.45, 2.75) is 12.7 Å². The molecular weight excluding hydrogens is 369 g/mol. The highest BCUT2D eigenvalue weighted by atomic mass is 32.1. The molecule has 9 heteroatoms. The van der Waals surface area contributed by atoms with Crippen LogP contribution in [0.3, 0.4) is 0 Å². The van der Waals surface area contributed by atoms with Gasteiger partial charge in [-0.25, -0.2) is 4.98 Å². The second kappa shape index (κ2) is 7.24. The highest BCUT2D eigenvalue weighted by molar-refractivity contribution is 7.13. The lowest BCUT2D eigenvalue weighted by Crippen LogP contribution is -2.33. The molecule has 140 valence electrons. The Balaban J connectivity index is 1.70. The summed E-state index contributed by atoms with van der Waals surface area (Å²) in [7, 11) is 1.57. The molecule has 3 rings (SSSR count). The Bertz CT molecular complexity index is 776. The molecule has 1 aliphatic rings. The molecule has 1 aromatic carbocycles. The van der Waals surface area contributed by atoms with Crippen molar-refractivity contribution >= 4 is 17.3 Å². The van der Waals surface area contributed by atoms with Crippen LogP contribution in [0.5, 0.6) is 5.75 Å². The minimum Gasteiger partial charge on any atom is -0.497 e. The number of aliphatic carboxylic acids is 1. The van der Waals surface area contributed by atoms with Gasteiger partial charge >= 0.3 is 12.1 Å². The Morgan fingerprint density at radius 1 is 1.35 bits per heavy atom. The van der Waals surface area contributed by atoms with E-state index in [2.05, 4.69) is 4.98 Å². The Kier molecular flexibility index (Phi) is 5.19. The van der Waals surface area contributed by atoms with Gasteiger partial charge in [-0.2, -0.15) is 13.2 Å². The molecule has 1 aliphatic heterocycles. The molecular formula is C17H17F3N2O3S. The summed E-state index contributed by atoms with van der Waals surface area (Å²) in [5.41, 5.74) is 1.52. The number of alkyl halides is 3. The number of hydrogen-bond acceptors (Lipinski definition) is 5. The first-order valence-electron chi connectivity index (χ1n) is 7.88. The van der Waals surface area contributed by atoms with Gasteiger partial charge in [0.15, 0.2) is 0 Å². The third-order valence-electron chi connectivity index (χ3n) is 4.41. The van der Waals surface area contributed by atoms with Crippen LogP contribution in [0.4, 0.5) is 13.2 Å². The van der Waals surface area contributed by atoms with E-state index >= 15 is 0 Å². The van der Waals surface area contributed by atoms with E-state index in [1.54, 1.807) is 12.5 Å². The van der Waals surface area contributed by atoms with Gasteiger partial charge in [0.25, 0.3) is 0 Å². The summed E-state index contributed by atoms with van der Waals surface area (Å²) in [6, 6.07) is 7.33. The molecule has 2 heterocycles. The zero-order valence-electron chi connectivity index (χ0n) is 13.9. The third kappa shape index (κ3) is 3.99. The van der Waals surface area contributed by atoms with Crippen molar-refractivity contribution in [3.05, 3.63) is 35.3 Å². The standard InChI is InChI=1S/C17H17F3N2O3S/c1-25-12-4-2-10(3-5-12)15-21-11(9-26-15)6-22-7-13(16(23)24)14(8-22)17(18,19)20/h2-5,9,13-14H,6-8H2,1H3,(H,23,24)/t13-,14-/m1/s1. The van der Waals surface area contributed by atoms with Crippen LogP contribution in [0.25, 0.3) is 10.6 Å². The maximum atomic E-state index is 13.1. The van der Waals surface area contributed by atoms with E-state index in [1.165, 1.54) is 16.2 Å². The van der Waals surface area contributed by atoms with Crippen LogP contribution in [-0.2, 0) is 11.3 Å². The predicted octanol–water partition coefficient (Wildman–Crippen LogP) is 3.51. The first kappa shape index (κ1) is 18.7. The second-order valence-electron chi connectivity index (χ2n) is 6.16. The van der Waals surface area contributed by atoms with E-state index in [1.807, 2.05) is 24.3 Å². The zero-order chi connectivity index (χ0) is 18.9. The normalized spacial score (nSPS) is 21.1. The number of ether oxygens (including phenoxy) is 1. The maximum absolute atomic E-state index is 13.1. The Morgan fingerprint density at radius 2 is 2.04 bits per heavy atom. The number of thiazole rings is 1. The van der Waals surface area contributed by atoms with Crippen molar-refractivity contribution in [3.63, 3.8) is 0 Å². The third-order valence-corrected chi connectivity index (χ3v) is 5.35. The quantitative estimate of drug-likeness (QED) is 0.852. The lowest BCUT2D eigenvalue weighted by atomic mass is 9.96. The molecule has 0 bridgehead atoms. The smallest absolute Gasteiger partial charge is 0.393 e. The van der Waals surface area contributed by atoms with Crippen LogP contribution in [0.2, 0.25) is 0 Å².